The van der Waals surface area contributed by atoms with Gasteiger partial charge in [-0.25, -0.2) is 0 Å². The second-order valence-electron chi connectivity index (χ2n) is 8.33. The van der Waals surface area contributed by atoms with E-state index in [-0.39, 0.29) is 17.7 Å². The van der Waals surface area contributed by atoms with Gasteiger partial charge in [0.25, 0.3) is 5.91 Å². The molecule has 160 valence electrons. The molecule has 6 nitrogen and oxygen atoms in total. The molecule has 0 unspecified atom stereocenters. The minimum absolute atomic E-state index is 0.0846. The van der Waals surface area contributed by atoms with Crippen LogP contribution < -0.4 is 5.32 Å². The van der Waals surface area contributed by atoms with Gasteiger partial charge in [-0.2, -0.15) is 5.26 Å². The summed E-state index contributed by atoms with van der Waals surface area (Å²) >= 11 is 0. The summed E-state index contributed by atoms with van der Waals surface area (Å²) in [6.07, 6.45) is 3.40. The fourth-order valence-corrected chi connectivity index (χ4v) is 4.28. The van der Waals surface area contributed by atoms with Crippen LogP contribution in [-0.2, 0) is 4.79 Å². The van der Waals surface area contributed by atoms with Crippen molar-refractivity contribution in [3.8, 4) is 6.07 Å². The second-order valence-corrected chi connectivity index (χ2v) is 8.33. The van der Waals surface area contributed by atoms with Crippen molar-refractivity contribution in [2.24, 2.45) is 5.92 Å². The summed E-state index contributed by atoms with van der Waals surface area (Å²) in [4.78, 5) is 33.2. The van der Waals surface area contributed by atoms with Gasteiger partial charge in [-0.05, 0) is 47.4 Å². The van der Waals surface area contributed by atoms with E-state index in [1.807, 2.05) is 30.3 Å². The van der Waals surface area contributed by atoms with Crippen LogP contribution in [-0.4, -0.2) is 28.2 Å². The molecule has 3 aromatic rings. The number of carbonyl (C=O) groups is 2. The first-order valence-corrected chi connectivity index (χ1v) is 10.6. The highest BCUT2D eigenvalue weighted by Crippen LogP contribution is 2.43. The molecule has 1 aliphatic heterocycles. The lowest BCUT2D eigenvalue weighted by Gasteiger charge is -2.42. The Morgan fingerprint density at radius 2 is 1.97 bits per heavy atom. The Hall–Kier alpha value is -3.98. The third kappa shape index (κ3) is 4.10. The van der Waals surface area contributed by atoms with E-state index in [9.17, 15) is 14.9 Å². The van der Waals surface area contributed by atoms with Crippen LogP contribution in [0, 0.1) is 17.2 Å². The monoisotopic (exact) mass is 424 g/mol. The van der Waals surface area contributed by atoms with Gasteiger partial charge in [-0.1, -0.05) is 44.2 Å². The second kappa shape index (κ2) is 9.03. The molecule has 1 aliphatic rings. The van der Waals surface area contributed by atoms with Crippen LogP contribution in [0.1, 0.15) is 52.9 Å². The third-order valence-corrected chi connectivity index (χ3v) is 5.57. The number of nitriles is 1. The molecule has 4 rings (SSSR count). The summed E-state index contributed by atoms with van der Waals surface area (Å²) in [7, 11) is 0. The van der Waals surface area contributed by atoms with Gasteiger partial charge in [0, 0.05) is 30.2 Å². The van der Waals surface area contributed by atoms with E-state index in [1.165, 1.54) is 0 Å². The molecular weight excluding hydrogens is 400 g/mol. The van der Waals surface area contributed by atoms with Crippen molar-refractivity contribution in [2.75, 3.05) is 11.9 Å². The highest BCUT2D eigenvalue weighted by Gasteiger charge is 2.44. The number of aromatic nitrogens is 1. The predicted molar refractivity (Wildman–Crippen MR) is 122 cm³/mol. The average molecular weight is 425 g/mol. The lowest BCUT2D eigenvalue weighted by Crippen LogP contribution is -2.47. The number of benzene rings is 2. The van der Waals surface area contributed by atoms with E-state index in [1.54, 1.807) is 47.6 Å². The number of hydrogen-bond acceptors (Lipinski definition) is 4. The molecular formula is C26H24N4O2. The Labute approximate surface area is 187 Å². The molecule has 0 bridgehead atoms. The van der Waals surface area contributed by atoms with Gasteiger partial charge in [0.2, 0.25) is 5.91 Å². The minimum atomic E-state index is -0.627. The van der Waals surface area contributed by atoms with Crippen molar-refractivity contribution in [3.05, 3.63) is 95.3 Å². The highest BCUT2D eigenvalue weighted by molar-refractivity contribution is 6.04. The molecule has 0 saturated carbocycles. The van der Waals surface area contributed by atoms with Crippen LogP contribution in [0.15, 0.2) is 73.1 Å². The van der Waals surface area contributed by atoms with Crippen molar-refractivity contribution in [2.45, 2.75) is 25.8 Å². The van der Waals surface area contributed by atoms with E-state index in [0.29, 0.717) is 28.9 Å². The van der Waals surface area contributed by atoms with E-state index >= 15 is 0 Å². The van der Waals surface area contributed by atoms with Crippen molar-refractivity contribution in [3.63, 3.8) is 0 Å². The molecule has 2 heterocycles. The van der Waals surface area contributed by atoms with E-state index in [0.717, 1.165) is 5.56 Å². The van der Waals surface area contributed by atoms with Crippen LogP contribution in [0.2, 0.25) is 0 Å². The van der Waals surface area contributed by atoms with Gasteiger partial charge in [0.15, 0.2) is 0 Å². The van der Waals surface area contributed by atoms with E-state index < -0.39 is 12.0 Å². The van der Waals surface area contributed by atoms with Crippen LogP contribution >= 0.6 is 0 Å². The number of fused-ring (bicyclic) bond motifs is 1. The fourth-order valence-electron chi connectivity index (χ4n) is 4.28. The molecule has 2 amide bonds. The number of hydrogen-bond donors (Lipinski definition) is 1. The molecule has 6 heteroatoms. The number of pyridine rings is 1. The predicted octanol–water partition coefficient (Wildman–Crippen LogP) is 4.53. The standard InChI is InChI=1S/C26H24N4O2/c1-17(2)16-30-24(19-8-6-12-28-15-19)23(21-10-3-4-11-22(21)26(30)32)25(31)29-20-9-5-7-18(13-20)14-27/h3-13,15,17,23-24H,16H2,1-2H3,(H,29,31)/t23-,24+/m1/s1. The zero-order valence-electron chi connectivity index (χ0n) is 18.0. The summed E-state index contributed by atoms with van der Waals surface area (Å²) in [5.74, 6) is -0.724. The summed E-state index contributed by atoms with van der Waals surface area (Å²) in [6, 6.07) is 19.4. The number of nitrogens with one attached hydrogen (secondary N) is 1. The van der Waals surface area contributed by atoms with Crippen LogP contribution in [0.5, 0.6) is 0 Å². The van der Waals surface area contributed by atoms with Gasteiger partial charge in [0.05, 0.1) is 23.6 Å². The Kier molecular flexibility index (Phi) is 6.00. The number of carbonyl (C=O) groups excluding carboxylic acids is 2. The van der Waals surface area contributed by atoms with Crippen molar-refractivity contribution in [1.29, 1.82) is 5.26 Å². The summed E-state index contributed by atoms with van der Waals surface area (Å²) in [5, 5.41) is 12.2. The molecule has 2 atom stereocenters. The van der Waals surface area contributed by atoms with Gasteiger partial charge in [-0.15, -0.1) is 0 Å². The van der Waals surface area contributed by atoms with Crippen LogP contribution in [0.25, 0.3) is 0 Å². The average Bonchev–Trinajstić information content (AvgIpc) is 2.81. The van der Waals surface area contributed by atoms with Crippen molar-refractivity contribution >= 4 is 17.5 Å². The van der Waals surface area contributed by atoms with E-state index in [2.05, 4.69) is 30.2 Å². The Morgan fingerprint density at radius 3 is 2.69 bits per heavy atom. The van der Waals surface area contributed by atoms with Crippen LogP contribution in [0.4, 0.5) is 5.69 Å². The normalized spacial score (nSPS) is 17.6. The van der Waals surface area contributed by atoms with E-state index in [4.69, 9.17) is 0 Å². The molecule has 0 fully saturated rings. The van der Waals surface area contributed by atoms with Gasteiger partial charge in [-0.3, -0.25) is 14.6 Å². The highest BCUT2D eigenvalue weighted by atomic mass is 16.2. The summed E-state index contributed by atoms with van der Waals surface area (Å²) in [6.45, 7) is 4.62. The Bertz CT molecular complexity index is 1180. The topological polar surface area (TPSA) is 86.1 Å². The zero-order chi connectivity index (χ0) is 22.7. The molecule has 0 radical (unpaired) electrons. The minimum Gasteiger partial charge on any atom is -0.330 e. The maximum Gasteiger partial charge on any atom is 0.254 e. The maximum atomic E-state index is 13.7. The van der Waals surface area contributed by atoms with Crippen molar-refractivity contribution < 1.29 is 9.59 Å². The third-order valence-electron chi connectivity index (χ3n) is 5.57. The van der Waals surface area contributed by atoms with Crippen LogP contribution in [0.3, 0.4) is 0 Å². The first kappa shape index (κ1) is 21.3. The smallest absolute Gasteiger partial charge is 0.254 e. The van der Waals surface area contributed by atoms with Crippen molar-refractivity contribution in [1.82, 2.24) is 9.88 Å². The lowest BCUT2D eigenvalue weighted by atomic mass is 9.79. The number of nitrogens with zero attached hydrogens (tertiary/aromatic N) is 3. The lowest BCUT2D eigenvalue weighted by molar-refractivity contribution is -0.119. The summed E-state index contributed by atoms with van der Waals surface area (Å²) in [5.41, 5.74) is 3.05. The first-order chi connectivity index (χ1) is 15.5. The molecule has 1 aromatic heterocycles. The quantitative estimate of drug-likeness (QED) is 0.652. The number of rotatable bonds is 5. The zero-order valence-corrected chi connectivity index (χ0v) is 18.0. The number of amides is 2. The fraction of sp³-hybridized carbons (Fsp3) is 0.231. The largest absolute Gasteiger partial charge is 0.330 e. The SMILES string of the molecule is CC(C)CN1C(=O)c2ccccc2[C@@H](C(=O)Nc2cccc(C#N)c2)[C@@H]1c1cccnc1. The molecule has 32 heavy (non-hydrogen) atoms. The molecule has 2 aromatic carbocycles. The van der Waals surface area contributed by atoms with Gasteiger partial charge < -0.3 is 10.2 Å². The van der Waals surface area contributed by atoms with Gasteiger partial charge in [0.1, 0.15) is 0 Å². The maximum absolute atomic E-state index is 13.7. The number of anilines is 1. The first-order valence-electron chi connectivity index (χ1n) is 10.6. The van der Waals surface area contributed by atoms with Gasteiger partial charge >= 0.3 is 0 Å². The molecule has 0 aliphatic carbocycles. The molecule has 0 saturated heterocycles. The Balaban J connectivity index is 1.83. The molecule has 1 N–H and O–H groups in total. The Morgan fingerprint density at radius 1 is 1.16 bits per heavy atom. The summed E-state index contributed by atoms with van der Waals surface area (Å²) < 4.78 is 0. The molecule has 0 spiro atoms.